The summed E-state index contributed by atoms with van der Waals surface area (Å²) >= 11 is 0. The molecular weight excluding hydrogens is 396 g/mol. The molecule has 2 amide bonds. The average Bonchev–Trinajstić information content (AvgIpc) is 3.28. The lowest BCUT2D eigenvalue weighted by molar-refractivity contribution is -0.117. The predicted molar refractivity (Wildman–Crippen MR) is 117 cm³/mol. The Morgan fingerprint density at radius 1 is 1.13 bits per heavy atom. The van der Waals surface area contributed by atoms with E-state index in [4.69, 9.17) is 9.47 Å². The third-order valence-corrected chi connectivity index (χ3v) is 5.48. The molecule has 0 aromatic heterocycles. The van der Waals surface area contributed by atoms with Crippen molar-refractivity contribution in [1.29, 1.82) is 0 Å². The van der Waals surface area contributed by atoms with Crippen molar-refractivity contribution in [2.24, 2.45) is 0 Å². The summed E-state index contributed by atoms with van der Waals surface area (Å²) in [6, 6.07) is 12.0. The molecule has 0 aliphatic carbocycles. The lowest BCUT2D eigenvalue weighted by atomic mass is 10.1. The molecular formula is C24H28N2O5. The third-order valence-electron chi connectivity index (χ3n) is 5.48. The number of esters is 1. The summed E-state index contributed by atoms with van der Waals surface area (Å²) in [4.78, 5) is 39.4. The summed E-state index contributed by atoms with van der Waals surface area (Å²) in [5.74, 6) is -1.14. The number of carbonyl (C=O) groups excluding carboxylic acids is 3. The maximum absolute atomic E-state index is 13.2. The maximum Gasteiger partial charge on any atom is 0.337 e. The van der Waals surface area contributed by atoms with Gasteiger partial charge >= 0.3 is 5.97 Å². The van der Waals surface area contributed by atoms with Crippen LogP contribution < -0.4 is 5.32 Å². The van der Waals surface area contributed by atoms with Gasteiger partial charge in [0.15, 0.2) is 0 Å². The molecule has 2 aromatic carbocycles. The molecule has 1 aliphatic rings. The van der Waals surface area contributed by atoms with Gasteiger partial charge in [0.2, 0.25) is 5.91 Å². The number of rotatable bonds is 7. The van der Waals surface area contributed by atoms with Gasteiger partial charge in [-0.1, -0.05) is 18.2 Å². The largest absolute Gasteiger partial charge is 0.465 e. The molecule has 7 nitrogen and oxygen atoms in total. The summed E-state index contributed by atoms with van der Waals surface area (Å²) in [6.45, 7) is 4.76. The second kappa shape index (κ2) is 10.2. The van der Waals surface area contributed by atoms with E-state index in [0.717, 1.165) is 29.7 Å². The van der Waals surface area contributed by atoms with Gasteiger partial charge in [0.05, 0.1) is 18.8 Å². The molecule has 1 heterocycles. The molecule has 1 fully saturated rings. The first-order valence-corrected chi connectivity index (χ1v) is 10.3. The summed E-state index contributed by atoms with van der Waals surface area (Å²) < 4.78 is 10.4. The first-order chi connectivity index (χ1) is 14.9. The van der Waals surface area contributed by atoms with Gasteiger partial charge < -0.3 is 19.7 Å². The fraction of sp³-hybridized carbons (Fsp3) is 0.375. The van der Waals surface area contributed by atoms with E-state index in [1.165, 1.54) is 18.1 Å². The van der Waals surface area contributed by atoms with Crippen molar-refractivity contribution in [2.75, 3.05) is 32.1 Å². The molecule has 2 aromatic rings. The van der Waals surface area contributed by atoms with Crippen molar-refractivity contribution in [2.45, 2.75) is 32.8 Å². The van der Waals surface area contributed by atoms with E-state index in [1.54, 1.807) is 18.2 Å². The van der Waals surface area contributed by atoms with E-state index in [2.05, 4.69) is 5.32 Å². The second-order valence-corrected chi connectivity index (χ2v) is 7.69. The summed E-state index contributed by atoms with van der Waals surface area (Å²) in [7, 11) is 1.29. The Morgan fingerprint density at radius 2 is 1.87 bits per heavy atom. The predicted octanol–water partition coefficient (Wildman–Crippen LogP) is 3.35. The van der Waals surface area contributed by atoms with E-state index in [9.17, 15) is 14.4 Å². The van der Waals surface area contributed by atoms with Gasteiger partial charge in [-0.25, -0.2) is 4.79 Å². The van der Waals surface area contributed by atoms with E-state index < -0.39 is 5.97 Å². The van der Waals surface area contributed by atoms with Gasteiger partial charge in [-0.2, -0.15) is 0 Å². The molecule has 1 aliphatic heterocycles. The van der Waals surface area contributed by atoms with Crippen molar-refractivity contribution >= 4 is 23.5 Å². The number of anilines is 1. The first kappa shape index (κ1) is 22.5. The minimum atomic E-state index is -0.520. The number of hydrogen-bond donors (Lipinski definition) is 1. The van der Waals surface area contributed by atoms with Crippen LogP contribution in [0.2, 0.25) is 0 Å². The fourth-order valence-electron chi connectivity index (χ4n) is 3.58. The number of nitrogens with one attached hydrogen (secondary N) is 1. The van der Waals surface area contributed by atoms with Gasteiger partial charge in [0, 0.05) is 24.4 Å². The van der Waals surface area contributed by atoms with Gasteiger partial charge in [0.25, 0.3) is 5.91 Å². The van der Waals surface area contributed by atoms with E-state index in [-0.39, 0.29) is 30.0 Å². The van der Waals surface area contributed by atoms with Crippen LogP contribution in [0.3, 0.4) is 0 Å². The summed E-state index contributed by atoms with van der Waals surface area (Å²) in [5.41, 5.74) is 3.39. The Bertz CT molecular complexity index is 966. The number of carbonyl (C=O) groups is 3. The van der Waals surface area contributed by atoms with E-state index in [0.29, 0.717) is 18.7 Å². The summed E-state index contributed by atoms with van der Waals surface area (Å²) in [6.07, 6.45) is 1.66. The highest BCUT2D eigenvalue weighted by atomic mass is 16.5. The van der Waals surface area contributed by atoms with E-state index >= 15 is 0 Å². The van der Waals surface area contributed by atoms with Gasteiger partial charge in [-0.15, -0.1) is 0 Å². The number of benzene rings is 2. The fourth-order valence-corrected chi connectivity index (χ4v) is 3.58. The molecule has 164 valence electrons. The Morgan fingerprint density at radius 3 is 2.58 bits per heavy atom. The molecule has 7 heteroatoms. The number of hydrogen-bond acceptors (Lipinski definition) is 5. The van der Waals surface area contributed by atoms with Crippen molar-refractivity contribution in [3.63, 3.8) is 0 Å². The summed E-state index contributed by atoms with van der Waals surface area (Å²) in [5, 5.41) is 2.90. The number of aryl methyl sites for hydroxylation is 1. The highest BCUT2D eigenvalue weighted by Gasteiger charge is 2.26. The van der Waals surface area contributed by atoms with Crippen LogP contribution in [-0.2, 0) is 14.3 Å². The number of nitrogens with zero attached hydrogens (tertiary/aromatic N) is 1. The Labute approximate surface area is 182 Å². The molecule has 1 unspecified atom stereocenters. The lowest BCUT2D eigenvalue weighted by Gasteiger charge is -2.25. The Kier molecular flexibility index (Phi) is 7.41. The Hall–Kier alpha value is -3.19. The standard InChI is InChI=1S/C24H28N2O5/c1-16-7-4-11-21(17(16)2)25-22(27)15-26(14-20-10-6-12-31-20)23(28)18-8-5-9-19(13-18)24(29)30-3/h4-5,7-9,11,13,20H,6,10,12,14-15H2,1-3H3,(H,25,27). The monoisotopic (exact) mass is 424 g/mol. The maximum atomic E-state index is 13.2. The van der Waals surface area contributed by atoms with E-state index in [1.807, 2.05) is 32.0 Å². The SMILES string of the molecule is COC(=O)c1cccc(C(=O)N(CC(=O)Nc2cccc(C)c2C)CC2CCCO2)c1. The highest BCUT2D eigenvalue weighted by molar-refractivity contribution is 6.01. The van der Waals surface area contributed by atoms with Crippen molar-refractivity contribution in [3.8, 4) is 0 Å². The van der Waals surface area contributed by atoms with Crippen LogP contribution in [0.25, 0.3) is 0 Å². The molecule has 1 N–H and O–H groups in total. The van der Waals surface area contributed by atoms with Crippen LogP contribution in [-0.4, -0.2) is 55.6 Å². The van der Waals surface area contributed by atoms with Crippen LogP contribution in [0.4, 0.5) is 5.69 Å². The smallest absolute Gasteiger partial charge is 0.337 e. The molecule has 0 bridgehead atoms. The van der Waals surface area contributed by atoms with Gasteiger partial charge in [0.1, 0.15) is 6.54 Å². The molecule has 1 saturated heterocycles. The van der Waals surface area contributed by atoms with Gasteiger partial charge in [-0.3, -0.25) is 9.59 Å². The van der Waals surface area contributed by atoms with Crippen LogP contribution in [0.5, 0.6) is 0 Å². The molecule has 0 spiro atoms. The van der Waals surface area contributed by atoms with Crippen LogP contribution in [0.15, 0.2) is 42.5 Å². The zero-order valence-corrected chi connectivity index (χ0v) is 18.1. The molecule has 3 rings (SSSR count). The minimum absolute atomic E-state index is 0.110. The second-order valence-electron chi connectivity index (χ2n) is 7.69. The van der Waals surface area contributed by atoms with Crippen molar-refractivity contribution < 1.29 is 23.9 Å². The first-order valence-electron chi connectivity index (χ1n) is 10.3. The highest BCUT2D eigenvalue weighted by Crippen LogP contribution is 2.19. The third kappa shape index (κ3) is 5.70. The quantitative estimate of drug-likeness (QED) is 0.689. The zero-order chi connectivity index (χ0) is 22.4. The minimum Gasteiger partial charge on any atom is -0.465 e. The zero-order valence-electron chi connectivity index (χ0n) is 18.1. The van der Waals surface area contributed by atoms with Gasteiger partial charge in [-0.05, 0) is 62.1 Å². The molecule has 31 heavy (non-hydrogen) atoms. The van der Waals surface area contributed by atoms with Crippen molar-refractivity contribution in [1.82, 2.24) is 4.90 Å². The molecule has 0 radical (unpaired) electrons. The Balaban J connectivity index is 1.79. The number of amides is 2. The lowest BCUT2D eigenvalue weighted by Crippen LogP contribution is -2.42. The molecule has 1 atom stereocenters. The molecule has 0 saturated carbocycles. The topological polar surface area (TPSA) is 84.9 Å². The number of ether oxygens (including phenoxy) is 2. The van der Waals surface area contributed by atoms with Crippen LogP contribution >= 0.6 is 0 Å². The number of methoxy groups -OCH3 is 1. The van der Waals surface area contributed by atoms with Crippen molar-refractivity contribution in [3.05, 3.63) is 64.7 Å². The normalized spacial score (nSPS) is 15.4. The average molecular weight is 424 g/mol. The van der Waals surface area contributed by atoms with Crippen LogP contribution in [0, 0.1) is 13.8 Å². The van der Waals surface area contributed by atoms with Crippen LogP contribution in [0.1, 0.15) is 44.7 Å².